The molecule has 20 heavy (non-hydrogen) atoms. The van der Waals surface area contributed by atoms with Crippen LogP contribution in [0.4, 0.5) is 5.69 Å². The molecule has 1 atom stereocenters. The van der Waals surface area contributed by atoms with E-state index < -0.39 is 0 Å². The lowest BCUT2D eigenvalue weighted by Crippen LogP contribution is -2.06. The molecule has 3 rings (SSSR count). The summed E-state index contributed by atoms with van der Waals surface area (Å²) >= 11 is 5.90. The van der Waals surface area contributed by atoms with Gasteiger partial charge in [-0.05, 0) is 41.5 Å². The molecular weight excluding hydrogens is 268 g/mol. The fraction of sp³-hybridized carbons (Fsp3) is 0.118. The Bertz CT molecular complexity index is 740. The van der Waals surface area contributed by atoms with Crippen LogP contribution in [0.25, 0.3) is 10.8 Å². The second-order valence-corrected chi connectivity index (χ2v) is 5.23. The standard InChI is InChI=1S/C17H15ClN2/c1-12(20-16-8-9-19-17(18)11-16)14-7-6-13-4-2-3-5-15(13)10-14/h2-12H,1H3,(H,19,20). The SMILES string of the molecule is CC(Nc1ccnc(Cl)c1)c1ccc2ccccc2c1. The van der Waals surface area contributed by atoms with Crippen LogP contribution in [0.15, 0.2) is 60.8 Å². The van der Waals surface area contributed by atoms with Crippen LogP contribution < -0.4 is 5.32 Å². The molecule has 0 saturated heterocycles. The van der Waals surface area contributed by atoms with Crippen LogP contribution in [-0.2, 0) is 0 Å². The Morgan fingerprint density at radius 2 is 1.80 bits per heavy atom. The summed E-state index contributed by atoms with van der Waals surface area (Å²) in [5.74, 6) is 0. The molecule has 0 radical (unpaired) electrons. The van der Waals surface area contributed by atoms with Gasteiger partial charge < -0.3 is 5.32 Å². The zero-order valence-electron chi connectivity index (χ0n) is 11.2. The lowest BCUT2D eigenvalue weighted by Gasteiger charge is -2.16. The van der Waals surface area contributed by atoms with Crippen molar-refractivity contribution in [3.63, 3.8) is 0 Å². The second kappa shape index (κ2) is 5.51. The van der Waals surface area contributed by atoms with Gasteiger partial charge in [0.2, 0.25) is 0 Å². The lowest BCUT2D eigenvalue weighted by molar-refractivity contribution is 0.886. The summed E-state index contributed by atoms with van der Waals surface area (Å²) in [4.78, 5) is 3.99. The quantitative estimate of drug-likeness (QED) is 0.679. The van der Waals surface area contributed by atoms with Gasteiger partial charge in [0.25, 0.3) is 0 Å². The minimum Gasteiger partial charge on any atom is -0.378 e. The summed E-state index contributed by atoms with van der Waals surface area (Å²) in [6.45, 7) is 2.14. The van der Waals surface area contributed by atoms with Crippen LogP contribution in [0.1, 0.15) is 18.5 Å². The highest BCUT2D eigenvalue weighted by atomic mass is 35.5. The van der Waals surface area contributed by atoms with Crippen molar-refractivity contribution in [3.05, 3.63) is 71.5 Å². The molecule has 0 aliphatic carbocycles. The number of pyridine rings is 1. The number of benzene rings is 2. The van der Waals surface area contributed by atoms with Gasteiger partial charge in [-0.2, -0.15) is 0 Å². The van der Waals surface area contributed by atoms with Gasteiger partial charge in [0, 0.05) is 17.9 Å². The Labute approximate surface area is 123 Å². The van der Waals surface area contributed by atoms with Crippen molar-refractivity contribution >= 4 is 28.1 Å². The number of hydrogen-bond donors (Lipinski definition) is 1. The first-order chi connectivity index (χ1) is 9.72. The highest BCUT2D eigenvalue weighted by Gasteiger charge is 2.06. The van der Waals surface area contributed by atoms with E-state index >= 15 is 0 Å². The van der Waals surface area contributed by atoms with Crippen molar-refractivity contribution in [2.24, 2.45) is 0 Å². The smallest absolute Gasteiger partial charge is 0.131 e. The summed E-state index contributed by atoms with van der Waals surface area (Å²) in [5.41, 5.74) is 2.22. The van der Waals surface area contributed by atoms with Gasteiger partial charge in [-0.3, -0.25) is 0 Å². The Kier molecular flexibility index (Phi) is 3.57. The van der Waals surface area contributed by atoms with Gasteiger partial charge in [-0.1, -0.05) is 48.0 Å². The number of hydrogen-bond acceptors (Lipinski definition) is 2. The van der Waals surface area contributed by atoms with Crippen molar-refractivity contribution in [3.8, 4) is 0 Å². The van der Waals surface area contributed by atoms with Gasteiger partial charge in [0.05, 0.1) is 0 Å². The van der Waals surface area contributed by atoms with Crippen LogP contribution in [0.5, 0.6) is 0 Å². The normalized spacial score (nSPS) is 12.3. The Hall–Kier alpha value is -2.06. The molecule has 3 heteroatoms. The van der Waals surface area contributed by atoms with Crippen LogP contribution in [0.3, 0.4) is 0 Å². The maximum absolute atomic E-state index is 5.90. The number of nitrogens with one attached hydrogen (secondary N) is 1. The third-order valence-corrected chi connectivity index (χ3v) is 3.59. The van der Waals surface area contributed by atoms with E-state index in [1.165, 1.54) is 16.3 Å². The van der Waals surface area contributed by atoms with Gasteiger partial charge in [-0.15, -0.1) is 0 Å². The van der Waals surface area contributed by atoms with Crippen molar-refractivity contribution < 1.29 is 0 Å². The molecule has 0 bridgehead atoms. The summed E-state index contributed by atoms with van der Waals surface area (Å²) in [6.07, 6.45) is 1.71. The molecule has 1 heterocycles. The van der Waals surface area contributed by atoms with E-state index in [0.29, 0.717) is 5.15 Å². The average molecular weight is 283 g/mol. The summed E-state index contributed by atoms with van der Waals surface area (Å²) < 4.78 is 0. The molecular formula is C17H15ClN2. The van der Waals surface area contributed by atoms with Crippen molar-refractivity contribution in [2.45, 2.75) is 13.0 Å². The summed E-state index contributed by atoms with van der Waals surface area (Å²) in [6, 6.07) is 18.9. The molecule has 1 unspecified atom stereocenters. The van der Waals surface area contributed by atoms with Crippen LogP contribution >= 0.6 is 11.6 Å². The monoisotopic (exact) mass is 282 g/mol. The van der Waals surface area contributed by atoms with E-state index in [1.807, 2.05) is 12.1 Å². The fourth-order valence-electron chi connectivity index (χ4n) is 2.30. The third-order valence-electron chi connectivity index (χ3n) is 3.38. The molecule has 0 amide bonds. The van der Waals surface area contributed by atoms with Gasteiger partial charge >= 0.3 is 0 Å². The molecule has 2 nitrogen and oxygen atoms in total. The minimum atomic E-state index is 0.207. The molecule has 1 aromatic heterocycles. The van der Waals surface area contributed by atoms with E-state index in [2.05, 4.69) is 59.7 Å². The van der Waals surface area contributed by atoms with Crippen molar-refractivity contribution in [1.82, 2.24) is 4.98 Å². The second-order valence-electron chi connectivity index (χ2n) is 4.84. The largest absolute Gasteiger partial charge is 0.378 e. The molecule has 0 aliphatic rings. The first-order valence-electron chi connectivity index (χ1n) is 6.59. The number of rotatable bonds is 3. The number of anilines is 1. The van der Waals surface area contributed by atoms with Crippen molar-refractivity contribution in [1.29, 1.82) is 0 Å². The molecule has 0 aliphatic heterocycles. The van der Waals surface area contributed by atoms with Crippen LogP contribution in [0, 0.1) is 0 Å². The minimum absolute atomic E-state index is 0.207. The topological polar surface area (TPSA) is 24.9 Å². The Morgan fingerprint density at radius 3 is 2.60 bits per heavy atom. The predicted molar refractivity (Wildman–Crippen MR) is 85.2 cm³/mol. The predicted octanol–water partition coefficient (Wildman–Crippen LogP) is 5.06. The van der Waals surface area contributed by atoms with E-state index in [0.717, 1.165) is 5.69 Å². The van der Waals surface area contributed by atoms with Crippen molar-refractivity contribution in [2.75, 3.05) is 5.32 Å². The van der Waals surface area contributed by atoms with Gasteiger partial charge in [0.15, 0.2) is 0 Å². The highest BCUT2D eigenvalue weighted by Crippen LogP contribution is 2.24. The zero-order chi connectivity index (χ0) is 13.9. The maximum Gasteiger partial charge on any atom is 0.131 e. The highest BCUT2D eigenvalue weighted by molar-refractivity contribution is 6.29. The van der Waals surface area contributed by atoms with Crippen LogP contribution in [0.2, 0.25) is 5.15 Å². The number of halogens is 1. The van der Waals surface area contributed by atoms with Crippen LogP contribution in [-0.4, -0.2) is 4.98 Å². The molecule has 3 aromatic rings. The Balaban J connectivity index is 1.86. The molecule has 100 valence electrons. The molecule has 0 saturated carbocycles. The fourth-order valence-corrected chi connectivity index (χ4v) is 2.48. The van der Waals surface area contributed by atoms with Gasteiger partial charge in [-0.25, -0.2) is 4.98 Å². The van der Waals surface area contributed by atoms with Gasteiger partial charge in [0.1, 0.15) is 5.15 Å². The van der Waals surface area contributed by atoms with E-state index in [4.69, 9.17) is 11.6 Å². The average Bonchev–Trinajstić information content (AvgIpc) is 2.47. The number of nitrogens with zero attached hydrogens (tertiary/aromatic N) is 1. The van der Waals surface area contributed by atoms with E-state index in [9.17, 15) is 0 Å². The molecule has 0 fully saturated rings. The Morgan fingerprint density at radius 1 is 1.00 bits per heavy atom. The third kappa shape index (κ3) is 2.75. The molecule has 2 aromatic carbocycles. The van der Waals surface area contributed by atoms with E-state index in [1.54, 1.807) is 6.20 Å². The molecule has 1 N–H and O–H groups in total. The number of fused-ring (bicyclic) bond motifs is 1. The maximum atomic E-state index is 5.90. The lowest BCUT2D eigenvalue weighted by atomic mass is 10.0. The summed E-state index contributed by atoms with van der Waals surface area (Å²) in [7, 11) is 0. The zero-order valence-corrected chi connectivity index (χ0v) is 11.9. The first-order valence-corrected chi connectivity index (χ1v) is 6.97. The molecule has 0 spiro atoms. The first kappa shape index (κ1) is 12.9. The van der Waals surface area contributed by atoms with E-state index in [-0.39, 0.29) is 6.04 Å². The summed E-state index contributed by atoms with van der Waals surface area (Å²) in [5, 5.41) is 6.46. The number of aromatic nitrogens is 1.